The van der Waals surface area contributed by atoms with E-state index in [0.29, 0.717) is 5.69 Å². The van der Waals surface area contributed by atoms with E-state index in [9.17, 15) is 4.79 Å². The third kappa shape index (κ3) is 3.16. The fourth-order valence-corrected chi connectivity index (χ4v) is 3.25. The van der Waals surface area contributed by atoms with Gasteiger partial charge in [-0.3, -0.25) is 4.79 Å². The zero-order chi connectivity index (χ0) is 17.9. The van der Waals surface area contributed by atoms with Crippen molar-refractivity contribution >= 4 is 17.4 Å². The largest absolute Gasteiger partial charge is 0.344 e. The Morgan fingerprint density at radius 1 is 1.04 bits per heavy atom. The molecule has 1 aliphatic rings. The summed E-state index contributed by atoms with van der Waals surface area (Å²) in [5, 5.41) is 2.96. The summed E-state index contributed by atoms with van der Waals surface area (Å²) in [6, 6.07) is 18.1. The summed E-state index contributed by atoms with van der Waals surface area (Å²) in [7, 11) is 0. The second-order valence-electron chi connectivity index (χ2n) is 6.40. The van der Waals surface area contributed by atoms with E-state index in [1.54, 1.807) is 12.4 Å². The number of carbonyl (C=O) groups is 1. The number of nitrogens with one attached hydrogen (secondary N) is 1. The number of amides is 1. The van der Waals surface area contributed by atoms with E-state index >= 15 is 0 Å². The van der Waals surface area contributed by atoms with Crippen molar-refractivity contribution in [3.63, 3.8) is 0 Å². The topological polar surface area (TPSA) is 58.1 Å². The predicted octanol–water partition coefficient (Wildman–Crippen LogP) is 3.66. The highest BCUT2D eigenvalue weighted by molar-refractivity contribution is 5.92. The van der Waals surface area contributed by atoms with Gasteiger partial charge in [-0.05, 0) is 30.5 Å². The Morgan fingerprint density at radius 3 is 2.58 bits per heavy atom. The summed E-state index contributed by atoms with van der Waals surface area (Å²) < 4.78 is 0. The maximum absolute atomic E-state index is 12.4. The van der Waals surface area contributed by atoms with Gasteiger partial charge in [-0.25, -0.2) is 9.97 Å². The van der Waals surface area contributed by atoms with Gasteiger partial charge in [0, 0.05) is 12.2 Å². The Balaban J connectivity index is 1.47. The molecule has 0 aliphatic carbocycles. The van der Waals surface area contributed by atoms with Crippen LogP contribution in [0.1, 0.15) is 34.6 Å². The van der Waals surface area contributed by atoms with E-state index < -0.39 is 0 Å². The van der Waals surface area contributed by atoms with Gasteiger partial charge in [0.15, 0.2) is 5.82 Å². The Morgan fingerprint density at radius 2 is 1.81 bits per heavy atom. The minimum absolute atomic E-state index is 0.0874. The Labute approximate surface area is 152 Å². The van der Waals surface area contributed by atoms with Crippen LogP contribution in [0.25, 0.3) is 0 Å². The van der Waals surface area contributed by atoms with Gasteiger partial charge in [0.25, 0.3) is 5.91 Å². The van der Waals surface area contributed by atoms with Crippen LogP contribution < -0.4 is 10.2 Å². The minimum atomic E-state index is -0.220. The molecule has 1 aliphatic heterocycles. The molecule has 26 heavy (non-hydrogen) atoms. The smallest absolute Gasteiger partial charge is 0.271 e. The lowest BCUT2D eigenvalue weighted by Crippen LogP contribution is -2.27. The van der Waals surface area contributed by atoms with Crippen LogP contribution in [0.15, 0.2) is 67.0 Å². The molecule has 0 fully saturated rings. The van der Waals surface area contributed by atoms with E-state index in [2.05, 4.69) is 38.4 Å². The molecule has 130 valence electrons. The lowest BCUT2D eigenvalue weighted by Gasteiger charge is -2.18. The second kappa shape index (κ2) is 6.96. The fourth-order valence-electron chi connectivity index (χ4n) is 3.25. The van der Waals surface area contributed by atoms with E-state index in [1.807, 2.05) is 43.3 Å². The van der Waals surface area contributed by atoms with Crippen LogP contribution in [0.2, 0.25) is 0 Å². The molecule has 0 bridgehead atoms. The van der Waals surface area contributed by atoms with Crippen molar-refractivity contribution in [1.29, 1.82) is 0 Å². The van der Waals surface area contributed by atoms with Crippen molar-refractivity contribution in [3.8, 4) is 0 Å². The van der Waals surface area contributed by atoms with E-state index in [0.717, 1.165) is 30.0 Å². The van der Waals surface area contributed by atoms with Crippen molar-refractivity contribution in [1.82, 2.24) is 15.3 Å². The molecular weight excluding hydrogens is 324 g/mol. The molecule has 1 N–H and O–H groups in total. The lowest BCUT2D eigenvalue weighted by molar-refractivity contribution is 0.0934. The highest BCUT2D eigenvalue weighted by Gasteiger charge is 2.21. The number of rotatable bonds is 4. The quantitative estimate of drug-likeness (QED) is 0.785. The van der Waals surface area contributed by atoms with Crippen LogP contribution in [0, 0.1) is 0 Å². The number of carbonyl (C=O) groups excluding carboxylic acids is 1. The first kappa shape index (κ1) is 16.3. The first-order valence-electron chi connectivity index (χ1n) is 8.75. The molecule has 2 aromatic carbocycles. The van der Waals surface area contributed by atoms with Crippen LogP contribution >= 0.6 is 0 Å². The van der Waals surface area contributed by atoms with Gasteiger partial charge in [0.1, 0.15) is 5.69 Å². The predicted molar refractivity (Wildman–Crippen MR) is 102 cm³/mol. The molecule has 1 aromatic heterocycles. The van der Waals surface area contributed by atoms with Gasteiger partial charge in [0.05, 0.1) is 18.4 Å². The number of benzene rings is 2. The van der Waals surface area contributed by atoms with Gasteiger partial charge in [-0.2, -0.15) is 0 Å². The van der Waals surface area contributed by atoms with Crippen molar-refractivity contribution in [3.05, 3.63) is 83.8 Å². The lowest BCUT2D eigenvalue weighted by atomic mass is 10.1. The van der Waals surface area contributed by atoms with Crippen molar-refractivity contribution < 1.29 is 4.79 Å². The van der Waals surface area contributed by atoms with Crippen molar-refractivity contribution in [2.45, 2.75) is 19.4 Å². The zero-order valence-electron chi connectivity index (χ0n) is 14.6. The fraction of sp³-hybridized carbons (Fsp3) is 0.190. The highest BCUT2D eigenvalue weighted by Crippen LogP contribution is 2.32. The molecule has 1 unspecified atom stereocenters. The summed E-state index contributed by atoms with van der Waals surface area (Å²) >= 11 is 0. The van der Waals surface area contributed by atoms with Gasteiger partial charge in [-0.15, -0.1) is 0 Å². The molecular formula is C21H20N4O. The summed E-state index contributed by atoms with van der Waals surface area (Å²) in [5.41, 5.74) is 3.85. The molecule has 4 rings (SSSR count). The number of para-hydroxylation sites is 1. The summed E-state index contributed by atoms with van der Waals surface area (Å²) in [5.74, 6) is 0.546. The number of anilines is 2. The SMILES string of the molecule is CC(NC(=O)c1cnc(N2CCc3ccccc32)cn1)c1ccccc1. The minimum Gasteiger partial charge on any atom is -0.344 e. The Kier molecular flexibility index (Phi) is 4.35. The summed E-state index contributed by atoms with van der Waals surface area (Å²) in [6.45, 7) is 2.83. The maximum Gasteiger partial charge on any atom is 0.271 e. The standard InChI is InChI=1S/C21H20N4O/c1-15(16-7-3-2-4-8-16)24-21(26)18-13-23-20(14-22-18)25-12-11-17-9-5-6-10-19(17)25/h2-10,13-15H,11-12H2,1H3,(H,24,26). The second-order valence-corrected chi connectivity index (χ2v) is 6.40. The molecule has 0 saturated carbocycles. The Bertz CT molecular complexity index is 909. The molecule has 5 heteroatoms. The number of hydrogen-bond acceptors (Lipinski definition) is 4. The molecule has 0 spiro atoms. The first-order valence-corrected chi connectivity index (χ1v) is 8.75. The highest BCUT2D eigenvalue weighted by atomic mass is 16.1. The average molecular weight is 344 g/mol. The van der Waals surface area contributed by atoms with Crippen LogP contribution in [0.5, 0.6) is 0 Å². The molecule has 1 amide bonds. The molecule has 2 heterocycles. The molecule has 1 atom stereocenters. The van der Waals surface area contributed by atoms with Gasteiger partial charge >= 0.3 is 0 Å². The van der Waals surface area contributed by atoms with E-state index in [4.69, 9.17) is 0 Å². The van der Waals surface area contributed by atoms with E-state index in [-0.39, 0.29) is 11.9 Å². The normalized spacial score (nSPS) is 14.0. The third-order valence-corrected chi connectivity index (χ3v) is 4.68. The zero-order valence-corrected chi connectivity index (χ0v) is 14.6. The molecule has 3 aromatic rings. The van der Waals surface area contributed by atoms with Crippen LogP contribution in [-0.4, -0.2) is 22.4 Å². The van der Waals surface area contributed by atoms with Crippen molar-refractivity contribution in [2.24, 2.45) is 0 Å². The number of aromatic nitrogens is 2. The van der Waals surface area contributed by atoms with Crippen LogP contribution in [0.3, 0.4) is 0 Å². The average Bonchev–Trinajstić information content (AvgIpc) is 3.13. The van der Waals surface area contributed by atoms with Crippen LogP contribution in [0.4, 0.5) is 11.5 Å². The Hall–Kier alpha value is -3.21. The van der Waals surface area contributed by atoms with Gasteiger partial charge in [0.2, 0.25) is 0 Å². The van der Waals surface area contributed by atoms with Gasteiger partial charge < -0.3 is 10.2 Å². The molecule has 5 nitrogen and oxygen atoms in total. The van der Waals surface area contributed by atoms with Crippen molar-refractivity contribution in [2.75, 3.05) is 11.4 Å². The molecule has 0 radical (unpaired) electrons. The van der Waals surface area contributed by atoms with Gasteiger partial charge in [-0.1, -0.05) is 48.5 Å². The maximum atomic E-state index is 12.4. The molecule has 0 saturated heterocycles. The summed E-state index contributed by atoms with van der Waals surface area (Å²) in [4.78, 5) is 23.4. The van der Waals surface area contributed by atoms with Crippen LogP contribution in [-0.2, 0) is 6.42 Å². The number of nitrogens with zero attached hydrogens (tertiary/aromatic N) is 3. The third-order valence-electron chi connectivity index (χ3n) is 4.68. The van der Waals surface area contributed by atoms with E-state index in [1.165, 1.54) is 5.56 Å². The monoisotopic (exact) mass is 344 g/mol. The number of hydrogen-bond donors (Lipinski definition) is 1. The summed E-state index contributed by atoms with van der Waals surface area (Å²) in [6.07, 6.45) is 4.21. The first-order chi connectivity index (χ1) is 12.7. The number of fused-ring (bicyclic) bond motifs is 1.